The fraction of sp³-hybridized carbons (Fsp3) is 0. The molecule has 0 aromatic rings. The van der Waals surface area contributed by atoms with Gasteiger partial charge in [0.1, 0.15) is 0 Å². The Morgan fingerprint density at radius 3 is 1.21 bits per heavy atom. The predicted octanol–water partition coefficient (Wildman–Crippen LogP) is -1.97. The summed E-state index contributed by atoms with van der Waals surface area (Å²) in [5.74, 6) is 0. The van der Waals surface area contributed by atoms with Crippen molar-refractivity contribution in [3.63, 3.8) is 0 Å². The summed E-state index contributed by atoms with van der Waals surface area (Å²) in [6.07, 6.45) is -2.14. The normalized spacial score (nSPS) is 10.6. The minimum absolute atomic E-state index is 0. The number of rotatable bonds is 2. The van der Waals surface area contributed by atoms with Crippen LogP contribution in [-0.2, 0) is 18.2 Å². The fourth-order valence-corrected chi connectivity index (χ4v) is 0.733. The summed E-state index contributed by atoms with van der Waals surface area (Å²) in [5.41, 5.74) is 0. The second kappa shape index (κ2) is 7.78. The van der Waals surface area contributed by atoms with E-state index in [0.29, 0.717) is 0 Å². The number of hydrogen-bond acceptors (Lipinski definition) is 5. The van der Waals surface area contributed by atoms with E-state index >= 15 is 0 Å². The topological polar surface area (TPSA) is 151 Å². The van der Waals surface area contributed by atoms with Crippen LogP contribution in [0.25, 0.3) is 0 Å². The molecule has 0 spiro atoms. The molecule has 0 unspecified atom stereocenters. The second-order valence-electron chi connectivity index (χ2n) is 1.41. The van der Waals surface area contributed by atoms with E-state index in [4.69, 9.17) is 19.6 Å². The van der Waals surface area contributed by atoms with Crippen LogP contribution in [0.4, 0.5) is 4.79 Å². The Bertz CT molecular complexity index is 236. The molecular formula is CH6Na2O9P2. The molecule has 0 bridgehead atoms. The summed E-state index contributed by atoms with van der Waals surface area (Å²) in [7, 11) is -10.3. The fourth-order valence-electron chi connectivity index (χ4n) is 0.211. The van der Waals surface area contributed by atoms with Crippen molar-refractivity contribution in [2.75, 3.05) is 0 Å². The zero-order valence-corrected chi connectivity index (χ0v) is 7.01. The number of hydrogen-bond donors (Lipinski definition) is 4. The average molecular weight is 270 g/mol. The first-order valence-corrected chi connectivity index (χ1v) is 5.20. The summed E-state index contributed by atoms with van der Waals surface area (Å²) in [6.45, 7) is 0. The van der Waals surface area contributed by atoms with Crippen LogP contribution in [0.1, 0.15) is 0 Å². The van der Waals surface area contributed by atoms with Crippen molar-refractivity contribution in [1.82, 2.24) is 0 Å². The standard InChI is InChI=1S/CH4O9P2.2Na.2H/c2-1(9-11(3,4)5)10-12(6,7)8;;;;/h(H2,3,4,5)(H2,6,7,8);;;;. The third-order valence-electron chi connectivity index (χ3n) is 0.387. The van der Waals surface area contributed by atoms with E-state index < -0.39 is 21.8 Å². The average Bonchev–Trinajstić information content (AvgIpc) is 1.49. The van der Waals surface area contributed by atoms with Crippen molar-refractivity contribution in [3.8, 4) is 0 Å². The molecule has 14 heavy (non-hydrogen) atoms. The summed E-state index contributed by atoms with van der Waals surface area (Å²) in [5, 5.41) is 0. The molecule has 0 aliphatic heterocycles. The quantitative estimate of drug-likeness (QED) is 0.330. The Morgan fingerprint density at radius 2 is 1.07 bits per heavy atom. The van der Waals surface area contributed by atoms with Crippen molar-refractivity contribution in [1.29, 1.82) is 0 Å². The summed E-state index contributed by atoms with van der Waals surface area (Å²) < 4.78 is 25.9. The first-order chi connectivity index (χ1) is 5.10. The van der Waals surface area contributed by atoms with E-state index in [2.05, 4.69) is 9.05 Å². The molecule has 0 aromatic carbocycles. The van der Waals surface area contributed by atoms with Gasteiger partial charge in [0, 0.05) is 0 Å². The molecule has 4 N–H and O–H groups in total. The first-order valence-electron chi connectivity index (χ1n) is 2.14. The molecule has 0 saturated carbocycles. The van der Waals surface area contributed by atoms with Crippen LogP contribution in [0.5, 0.6) is 0 Å². The maximum absolute atomic E-state index is 10.0. The Morgan fingerprint density at radius 1 is 0.857 bits per heavy atom. The van der Waals surface area contributed by atoms with Crippen LogP contribution in [0.15, 0.2) is 0 Å². The van der Waals surface area contributed by atoms with E-state index in [0.717, 1.165) is 0 Å². The molecule has 0 atom stereocenters. The third-order valence-corrected chi connectivity index (χ3v) is 1.16. The van der Waals surface area contributed by atoms with Gasteiger partial charge in [-0.15, -0.1) is 0 Å². The van der Waals surface area contributed by atoms with Gasteiger partial charge in [-0.25, -0.2) is 13.9 Å². The third kappa shape index (κ3) is 16.0. The maximum atomic E-state index is 10.0. The summed E-state index contributed by atoms with van der Waals surface area (Å²) >= 11 is 0. The van der Waals surface area contributed by atoms with Gasteiger partial charge in [-0.3, -0.25) is 19.6 Å². The molecule has 0 aliphatic rings. The zero-order chi connectivity index (χ0) is 9.99. The van der Waals surface area contributed by atoms with Gasteiger partial charge in [-0.2, -0.15) is 0 Å². The van der Waals surface area contributed by atoms with Crippen molar-refractivity contribution < 1.29 is 42.5 Å². The number of carbonyl (C=O) groups is 1. The SMILES string of the molecule is O=C(OP(=O)(O)O)OP(=O)(O)O.[NaH].[NaH]. The van der Waals surface area contributed by atoms with Gasteiger partial charge in [0.15, 0.2) is 0 Å². The Labute approximate surface area is 122 Å². The second-order valence-corrected chi connectivity index (χ2v) is 3.74. The van der Waals surface area contributed by atoms with Gasteiger partial charge in [0.2, 0.25) is 0 Å². The first kappa shape index (κ1) is 20.9. The molecule has 0 saturated heterocycles. The van der Waals surface area contributed by atoms with Gasteiger partial charge in [0.05, 0.1) is 0 Å². The van der Waals surface area contributed by atoms with Gasteiger partial charge in [-0.05, 0) is 0 Å². The molecular weight excluding hydrogens is 264 g/mol. The van der Waals surface area contributed by atoms with Crippen LogP contribution < -0.4 is 0 Å². The van der Waals surface area contributed by atoms with Crippen LogP contribution >= 0.6 is 15.6 Å². The number of phosphoric ester groups is 2. The molecule has 76 valence electrons. The molecule has 0 fully saturated rings. The van der Waals surface area contributed by atoms with Crippen LogP contribution in [-0.4, -0.2) is 84.8 Å². The van der Waals surface area contributed by atoms with E-state index in [9.17, 15) is 13.9 Å². The van der Waals surface area contributed by atoms with Gasteiger partial charge >= 0.3 is 80.9 Å². The van der Waals surface area contributed by atoms with E-state index in [1.165, 1.54) is 0 Å². The molecule has 0 aliphatic carbocycles. The van der Waals surface area contributed by atoms with Gasteiger partial charge in [-0.1, -0.05) is 0 Å². The summed E-state index contributed by atoms with van der Waals surface area (Å²) in [4.78, 5) is 41.7. The van der Waals surface area contributed by atoms with Gasteiger partial charge in [0.25, 0.3) is 0 Å². The van der Waals surface area contributed by atoms with Crippen molar-refractivity contribution in [2.45, 2.75) is 0 Å². The van der Waals surface area contributed by atoms with Crippen LogP contribution in [0.3, 0.4) is 0 Å². The molecule has 9 nitrogen and oxygen atoms in total. The van der Waals surface area contributed by atoms with E-state index in [1.54, 1.807) is 0 Å². The van der Waals surface area contributed by atoms with Gasteiger partial charge < -0.3 is 9.05 Å². The molecule has 0 heterocycles. The van der Waals surface area contributed by atoms with Crippen LogP contribution in [0.2, 0.25) is 0 Å². The Balaban J connectivity index is -0.000000605. The Kier molecular flexibility index (Phi) is 11.6. The molecule has 0 rings (SSSR count). The number of phosphoric acid groups is 2. The summed E-state index contributed by atoms with van der Waals surface area (Å²) in [6, 6.07) is 0. The minimum atomic E-state index is -5.13. The van der Waals surface area contributed by atoms with Crippen molar-refractivity contribution >= 4 is 80.9 Å². The van der Waals surface area contributed by atoms with Crippen LogP contribution in [0, 0.1) is 0 Å². The number of carbonyl (C=O) groups excluding carboxylic acids is 1. The zero-order valence-electron chi connectivity index (χ0n) is 5.22. The molecule has 0 radical (unpaired) electrons. The monoisotopic (exact) mass is 270 g/mol. The predicted molar refractivity (Wildman–Crippen MR) is 46.0 cm³/mol. The molecule has 0 aromatic heterocycles. The van der Waals surface area contributed by atoms with Crippen molar-refractivity contribution in [2.24, 2.45) is 0 Å². The van der Waals surface area contributed by atoms with E-state index in [-0.39, 0.29) is 59.1 Å². The van der Waals surface area contributed by atoms with E-state index in [1.807, 2.05) is 0 Å². The molecule has 13 heteroatoms. The molecule has 0 amide bonds. The Hall–Kier alpha value is 1.57. The van der Waals surface area contributed by atoms with Crippen molar-refractivity contribution in [3.05, 3.63) is 0 Å².